The molecule has 29 heavy (non-hydrogen) atoms. The van der Waals surface area contributed by atoms with Crippen molar-refractivity contribution in [1.82, 2.24) is 10.6 Å². The molecule has 3 atom stereocenters. The number of nitriles is 1. The monoisotopic (exact) mass is 411 g/mol. The Labute approximate surface area is 177 Å². The average Bonchev–Trinajstić information content (AvgIpc) is 3.10. The van der Waals surface area contributed by atoms with Crippen LogP contribution in [0.3, 0.4) is 0 Å². The van der Waals surface area contributed by atoms with Gasteiger partial charge < -0.3 is 15.4 Å². The zero-order chi connectivity index (χ0) is 21.0. The van der Waals surface area contributed by atoms with Gasteiger partial charge in [-0.25, -0.2) is 4.79 Å². The number of nitrogens with zero attached hydrogens (tertiary/aromatic N) is 1. The number of amides is 1. The molecule has 1 amide bonds. The summed E-state index contributed by atoms with van der Waals surface area (Å²) in [5.41, 5.74) is 2.35. The van der Waals surface area contributed by atoms with Crippen LogP contribution in [0.25, 0.3) is 0 Å². The molecule has 6 heteroatoms. The van der Waals surface area contributed by atoms with Crippen molar-refractivity contribution in [3.8, 4) is 6.07 Å². The Hall–Kier alpha value is -2.55. The van der Waals surface area contributed by atoms with Gasteiger partial charge in [-0.05, 0) is 62.6 Å². The molecular formula is C23H26ClN3O2. The van der Waals surface area contributed by atoms with E-state index in [9.17, 15) is 4.79 Å². The highest BCUT2D eigenvalue weighted by molar-refractivity contribution is 6.30. The third-order valence-corrected chi connectivity index (χ3v) is 5.17. The van der Waals surface area contributed by atoms with Crippen LogP contribution in [0, 0.1) is 11.3 Å². The van der Waals surface area contributed by atoms with Gasteiger partial charge in [0.2, 0.25) is 0 Å². The highest BCUT2D eigenvalue weighted by Crippen LogP contribution is 2.33. The highest BCUT2D eigenvalue weighted by atomic mass is 35.5. The largest absolute Gasteiger partial charge is 0.444 e. The maximum absolute atomic E-state index is 12.1. The van der Waals surface area contributed by atoms with E-state index in [0.29, 0.717) is 17.1 Å². The van der Waals surface area contributed by atoms with Gasteiger partial charge in [-0.3, -0.25) is 0 Å². The minimum Gasteiger partial charge on any atom is -0.444 e. The van der Waals surface area contributed by atoms with Crippen LogP contribution >= 0.6 is 11.6 Å². The SMILES string of the molecule is CC(C)(C)OC(=O)N[C@H]1CNC(C(c2ccc(Cl)cc2)c2ccc(C#N)cc2)C1. The molecule has 0 bridgehead atoms. The number of alkyl carbamates (subject to hydrolysis) is 1. The summed E-state index contributed by atoms with van der Waals surface area (Å²) in [5, 5.41) is 16.3. The summed E-state index contributed by atoms with van der Waals surface area (Å²) >= 11 is 6.08. The number of rotatable bonds is 4. The molecule has 2 N–H and O–H groups in total. The Balaban J connectivity index is 1.79. The standard InChI is InChI=1S/C23H26ClN3O2/c1-23(2,3)29-22(28)27-19-12-20(26-14-19)21(17-8-10-18(24)11-9-17)16-6-4-15(13-25)5-7-16/h4-11,19-21,26H,12,14H2,1-3H3,(H,27,28)/t19-,20?,21?/m1/s1. The first kappa shape index (κ1) is 21.2. The topological polar surface area (TPSA) is 74.2 Å². The van der Waals surface area contributed by atoms with Crippen molar-refractivity contribution in [2.75, 3.05) is 6.54 Å². The van der Waals surface area contributed by atoms with Crippen LogP contribution in [0.15, 0.2) is 48.5 Å². The quantitative estimate of drug-likeness (QED) is 0.771. The number of nitrogens with one attached hydrogen (secondary N) is 2. The first-order valence-electron chi connectivity index (χ1n) is 9.73. The summed E-state index contributed by atoms with van der Waals surface area (Å²) in [7, 11) is 0. The summed E-state index contributed by atoms with van der Waals surface area (Å²) < 4.78 is 5.38. The molecule has 1 fully saturated rings. The number of carbonyl (C=O) groups excluding carboxylic acids is 1. The van der Waals surface area contributed by atoms with Crippen molar-refractivity contribution in [2.24, 2.45) is 0 Å². The minimum atomic E-state index is -0.524. The van der Waals surface area contributed by atoms with Crippen molar-refractivity contribution in [1.29, 1.82) is 5.26 Å². The maximum Gasteiger partial charge on any atom is 0.407 e. The molecule has 1 heterocycles. The molecule has 0 spiro atoms. The summed E-state index contributed by atoms with van der Waals surface area (Å²) in [6.07, 6.45) is 0.373. The lowest BCUT2D eigenvalue weighted by Crippen LogP contribution is -2.40. The second-order valence-corrected chi connectivity index (χ2v) is 8.79. The normalized spacial score (nSPS) is 20.0. The number of hydrogen-bond donors (Lipinski definition) is 2. The van der Waals surface area contributed by atoms with E-state index in [1.807, 2.05) is 69.3 Å². The van der Waals surface area contributed by atoms with Gasteiger partial charge in [-0.2, -0.15) is 5.26 Å². The van der Waals surface area contributed by atoms with Crippen LogP contribution in [0.5, 0.6) is 0 Å². The summed E-state index contributed by atoms with van der Waals surface area (Å²) in [5.74, 6) is 0.0745. The first-order valence-corrected chi connectivity index (χ1v) is 10.1. The molecule has 0 saturated carbocycles. The molecule has 1 saturated heterocycles. The fourth-order valence-electron chi connectivity index (χ4n) is 3.70. The number of hydrogen-bond acceptors (Lipinski definition) is 4. The number of carbonyl (C=O) groups is 1. The lowest BCUT2D eigenvalue weighted by atomic mass is 9.83. The van der Waals surface area contributed by atoms with E-state index in [1.54, 1.807) is 0 Å². The molecule has 1 aliphatic rings. The molecule has 2 unspecified atom stereocenters. The number of ether oxygens (including phenoxy) is 1. The number of benzene rings is 2. The van der Waals surface area contributed by atoms with Crippen LogP contribution in [0.1, 0.15) is 49.8 Å². The van der Waals surface area contributed by atoms with Gasteiger partial charge in [0, 0.05) is 29.6 Å². The summed E-state index contributed by atoms with van der Waals surface area (Å²) in [6, 6.07) is 17.8. The molecule has 152 valence electrons. The molecule has 5 nitrogen and oxygen atoms in total. The summed E-state index contributed by atoms with van der Waals surface area (Å²) in [4.78, 5) is 12.1. The van der Waals surface area contributed by atoms with E-state index in [2.05, 4.69) is 16.7 Å². The fraction of sp³-hybridized carbons (Fsp3) is 0.391. The molecule has 2 aromatic rings. The Morgan fingerprint density at radius 2 is 1.76 bits per heavy atom. The van der Waals surface area contributed by atoms with Crippen LogP contribution in [0.2, 0.25) is 5.02 Å². The van der Waals surface area contributed by atoms with Gasteiger partial charge in [0.05, 0.1) is 11.6 Å². The fourth-order valence-corrected chi connectivity index (χ4v) is 3.82. The van der Waals surface area contributed by atoms with E-state index in [0.717, 1.165) is 17.5 Å². The van der Waals surface area contributed by atoms with Crippen molar-refractivity contribution in [3.63, 3.8) is 0 Å². The molecule has 3 rings (SSSR count). The highest BCUT2D eigenvalue weighted by Gasteiger charge is 2.33. The van der Waals surface area contributed by atoms with Gasteiger partial charge in [-0.1, -0.05) is 35.9 Å². The zero-order valence-corrected chi connectivity index (χ0v) is 17.7. The Morgan fingerprint density at radius 3 is 2.31 bits per heavy atom. The van der Waals surface area contributed by atoms with Gasteiger partial charge in [0.1, 0.15) is 5.60 Å². The third kappa shape index (κ3) is 5.72. The second kappa shape index (κ2) is 8.86. The van der Waals surface area contributed by atoms with E-state index >= 15 is 0 Å². The predicted molar refractivity (Wildman–Crippen MR) is 114 cm³/mol. The van der Waals surface area contributed by atoms with E-state index in [1.165, 1.54) is 0 Å². The van der Waals surface area contributed by atoms with Crippen LogP contribution in [-0.4, -0.2) is 30.3 Å². The lowest BCUT2D eigenvalue weighted by molar-refractivity contribution is 0.0508. The van der Waals surface area contributed by atoms with Crippen molar-refractivity contribution in [2.45, 2.75) is 50.8 Å². The van der Waals surface area contributed by atoms with Gasteiger partial charge in [-0.15, -0.1) is 0 Å². The van der Waals surface area contributed by atoms with Gasteiger partial charge in [0.25, 0.3) is 0 Å². The van der Waals surface area contributed by atoms with Gasteiger partial charge in [0.15, 0.2) is 0 Å². The minimum absolute atomic E-state index is 0.0111. The van der Waals surface area contributed by atoms with Gasteiger partial charge >= 0.3 is 6.09 Å². The zero-order valence-electron chi connectivity index (χ0n) is 16.9. The molecule has 2 aromatic carbocycles. The van der Waals surface area contributed by atoms with Crippen molar-refractivity contribution >= 4 is 17.7 Å². The first-order chi connectivity index (χ1) is 13.7. The molecule has 0 aliphatic carbocycles. The van der Waals surface area contributed by atoms with Crippen molar-refractivity contribution in [3.05, 3.63) is 70.2 Å². The third-order valence-electron chi connectivity index (χ3n) is 4.92. The van der Waals surface area contributed by atoms with Crippen LogP contribution in [0.4, 0.5) is 4.79 Å². The Morgan fingerprint density at radius 1 is 1.17 bits per heavy atom. The second-order valence-electron chi connectivity index (χ2n) is 8.36. The average molecular weight is 412 g/mol. The van der Waals surface area contributed by atoms with Crippen molar-refractivity contribution < 1.29 is 9.53 Å². The van der Waals surface area contributed by atoms with E-state index < -0.39 is 11.7 Å². The lowest BCUT2D eigenvalue weighted by Gasteiger charge is -2.25. The summed E-state index contributed by atoms with van der Waals surface area (Å²) in [6.45, 7) is 6.22. The molecule has 1 aliphatic heterocycles. The van der Waals surface area contributed by atoms with Crippen LogP contribution < -0.4 is 10.6 Å². The smallest absolute Gasteiger partial charge is 0.407 e. The molecule has 0 aromatic heterocycles. The van der Waals surface area contributed by atoms with E-state index in [4.69, 9.17) is 21.6 Å². The predicted octanol–water partition coefficient (Wildman–Crippen LogP) is 4.60. The Kier molecular flexibility index (Phi) is 6.46. The molecular weight excluding hydrogens is 386 g/mol. The Bertz CT molecular complexity index is 882. The number of halogens is 1. The van der Waals surface area contributed by atoms with Crippen LogP contribution in [-0.2, 0) is 4.74 Å². The maximum atomic E-state index is 12.1. The molecule has 0 radical (unpaired) electrons. The van der Waals surface area contributed by atoms with E-state index in [-0.39, 0.29) is 18.0 Å².